The summed E-state index contributed by atoms with van der Waals surface area (Å²) in [6, 6.07) is 6.08. The van der Waals surface area contributed by atoms with Crippen LogP contribution < -0.4 is 10.1 Å². The summed E-state index contributed by atoms with van der Waals surface area (Å²) in [6.45, 7) is 3.19. The lowest BCUT2D eigenvalue weighted by Crippen LogP contribution is -2.33. The van der Waals surface area contributed by atoms with Crippen molar-refractivity contribution in [2.45, 2.75) is 51.2 Å². The lowest BCUT2D eigenvalue weighted by molar-refractivity contribution is -0.133. The molecule has 2 heterocycles. The Morgan fingerprint density at radius 3 is 2.85 bits per heavy atom. The molecule has 2 amide bonds. The van der Waals surface area contributed by atoms with Crippen LogP contribution in [0.4, 0.5) is 0 Å². The lowest BCUT2D eigenvalue weighted by Gasteiger charge is -2.19. The van der Waals surface area contributed by atoms with Crippen LogP contribution in [0.3, 0.4) is 0 Å². The molecule has 146 valence electrons. The maximum Gasteiger partial charge on any atom is 0.226 e. The van der Waals surface area contributed by atoms with Crippen molar-refractivity contribution in [3.05, 3.63) is 29.3 Å². The number of rotatable bonds is 6. The molecule has 3 aliphatic rings. The second kappa shape index (κ2) is 8.30. The molecule has 1 aromatic rings. The number of carbonyl (C=O) groups excluding carboxylic acids is 2. The number of benzene rings is 1. The van der Waals surface area contributed by atoms with E-state index < -0.39 is 0 Å². The van der Waals surface area contributed by atoms with Gasteiger partial charge in [0.15, 0.2) is 0 Å². The molecule has 1 saturated heterocycles. The molecule has 1 aliphatic carbocycles. The molecule has 2 aliphatic heterocycles. The van der Waals surface area contributed by atoms with Crippen molar-refractivity contribution in [2.75, 3.05) is 26.3 Å². The fourth-order valence-corrected chi connectivity index (χ4v) is 3.76. The Hall–Kier alpha value is -2.08. The average molecular weight is 372 g/mol. The first-order chi connectivity index (χ1) is 13.2. The van der Waals surface area contributed by atoms with E-state index in [0.29, 0.717) is 39.1 Å². The van der Waals surface area contributed by atoms with Crippen molar-refractivity contribution in [3.8, 4) is 5.75 Å². The Kier molecular flexibility index (Phi) is 5.62. The Labute approximate surface area is 160 Å². The van der Waals surface area contributed by atoms with Crippen molar-refractivity contribution < 1.29 is 19.1 Å². The molecule has 1 N–H and O–H groups in total. The van der Waals surface area contributed by atoms with Gasteiger partial charge in [-0.1, -0.05) is 12.1 Å². The number of aryl methyl sites for hydroxylation is 1. The van der Waals surface area contributed by atoms with Crippen LogP contribution in [-0.2, 0) is 27.3 Å². The highest BCUT2D eigenvalue weighted by Gasteiger charge is 2.34. The fraction of sp³-hybridized carbons (Fsp3) is 0.619. The number of amides is 2. The van der Waals surface area contributed by atoms with Gasteiger partial charge in [0.1, 0.15) is 12.4 Å². The highest BCUT2D eigenvalue weighted by Crippen LogP contribution is 2.33. The normalized spacial score (nSPS) is 21.9. The van der Waals surface area contributed by atoms with E-state index in [1.54, 1.807) is 0 Å². The summed E-state index contributed by atoms with van der Waals surface area (Å²) >= 11 is 0. The van der Waals surface area contributed by atoms with E-state index in [2.05, 4.69) is 11.4 Å². The zero-order valence-electron chi connectivity index (χ0n) is 15.7. The van der Waals surface area contributed by atoms with Crippen LogP contribution in [0.25, 0.3) is 0 Å². The second-order valence-electron chi connectivity index (χ2n) is 7.76. The van der Waals surface area contributed by atoms with Crippen LogP contribution in [-0.4, -0.2) is 49.1 Å². The van der Waals surface area contributed by atoms with Crippen molar-refractivity contribution in [2.24, 2.45) is 5.92 Å². The number of hydrogen-bond acceptors (Lipinski definition) is 4. The van der Waals surface area contributed by atoms with Crippen molar-refractivity contribution in [1.29, 1.82) is 0 Å². The molecule has 6 heteroatoms. The summed E-state index contributed by atoms with van der Waals surface area (Å²) in [5, 5.41) is 2.97. The first-order valence-electron chi connectivity index (χ1n) is 10.1. The predicted octanol–water partition coefficient (Wildman–Crippen LogP) is 2.05. The molecule has 4 rings (SSSR count). The van der Waals surface area contributed by atoms with Crippen LogP contribution in [0.2, 0.25) is 0 Å². The van der Waals surface area contributed by atoms with Crippen LogP contribution in [0.1, 0.15) is 43.2 Å². The Bertz CT molecular complexity index is 695. The van der Waals surface area contributed by atoms with Gasteiger partial charge in [-0.05, 0) is 43.7 Å². The summed E-state index contributed by atoms with van der Waals surface area (Å²) in [5.41, 5.74) is 2.14. The highest BCUT2D eigenvalue weighted by molar-refractivity contribution is 5.81. The maximum absolute atomic E-state index is 12.4. The summed E-state index contributed by atoms with van der Waals surface area (Å²) < 4.78 is 11.3. The van der Waals surface area contributed by atoms with Crippen molar-refractivity contribution in [3.63, 3.8) is 0 Å². The van der Waals surface area contributed by atoms with Crippen molar-refractivity contribution >= 4 is 11.8 Å². The largest absolute Gasteiger partial charge is 0.491 e. The fourth-order valence-electron chi connectivity index (χ4n) is 3.76. The molecular weight excluding hydrogens is 344 g/mol. The minimum absolute atomic E-state index is 0.0576. The third-order valence-corrected chi connectivity index (χ3v) is 5.53. The number of nitrogens with one attached hydrogen (secondary N) is 1. The third-order valence-electron chi connectivity index (χ3n) is 5.53. The number of nitrogens with zero attached hydrogens (tertiary/aromatic N) is 1. The number of fused-ring (bicyclic) bond motifs is 1. The molecule has 1 unspecified atom stereocenters. The van der Waals surface area contributed by atoms with Gasteiger partial charge in [0.25, 0.3) is 0 Å². The Morgan fingerprint density at radius 1 is 1.19 bits per heavy atom. The van der Waals surface area contributed by atoms with E-state index in [9.17, 15) is 9.59 Å². The van der Waals surface area contributed by atoms with E-state index >= 15 is 0 Å². The number of hydrogen-bond donors (Lipinski definition) is 1. The lowest BCUT2D eigenvalue weighted by atomic mass is 10.0. The molecule has 0 bridgehead atoms. The SMILES string of the molecule is O=C(CCc1ccc2c(c1)CN(C(=O)C1CC1)CCO2)NCC1CCCO1. The first kappa shape index (κ1) is 18.3. The van der Waals surface area contributed by atoms with Crippen LogP contribution in [0.15, 0.2) is 18.2 Å². The van der Waals surface area contributed by atoms with Gasteiger partial charge in [0, 0.05) is 37.6 Å². The van der Waals surface area contributed by atoms with Gasteiger partial charge >= 0.3 is 0 Å². The van der Waals surface area contributed by atoms with E-state index in [1.165, 1.54) is 0 Å². The van der Waals surface area contributed by atoms with E-state index in [-0.39, 0.29) is 23.8 Å². The summed E-state index contributed by atoms with van der Waals surface area (Å²) in [6.07, 6.45) is 5.46. The van der Waals surface area contributed by atoms with Crippen LogP contribution in [0.5, 0.6) is 5.75 Å². The standard InChI is InChI=1S/C21H28N2O4/c24-20(22-13-18-2-1-10-26-18)8-4-15-3-7-19-17(12-15)14-23(9-11-27-19)21(25)16-5-6-16/h3,7,12,16,18H,1-2,4-6,8-11,13-14H2,(H,22,24). The van der Waals surface area contributed by atoms with Gasteiger partial charge in [-0.25, -0.2) is 0 Å². The molecule has 1 aromatic carbocycles. The zero-order valence-corrected chi connectivity index (χ0v) is 15.7. The molecule has 0 radical (unpaired) electrons. The molecule has 0 aromatic heterocycles. The zero-order chi connectivity index (χ0) is 18.6. The molecule has 1 atom stereocenters. The van der Waals surface area contributed by atoms with E-state index in [4.69, 9.17) is 9.47 Å². The van der Waals surface area contributed by atoms with E-state index in [1.807, 2.05) is 17.0 Å². The van der Waals surface area contributed by atoms with E-state index in [0.717, 1.165) is 49.2 Å². The Morgan fingerprint density at radius 2 is 2.07 bits per heavy atom. The Balaban J connectivity index is 1.31. The van der Waals surface area contributed by atoms with Gasteiger partial charge in [0.05, 0.1) is 12.6 Å². The summed E-state index contributed by atoms with van der Waals surface area (Å²) in [7, 11) is 0. The molecule has 2 fully saturated rings. The van der Waals surface area contributed by atoms with Crippen molar-refractivity contribution in [1.82, 2.24) is 10.2 Å². The second-order valence-corrected chi connectivity index (χ2v) is 7.76. The quantitative estimate of drug-likeness (QED) is 0.830. The van der Waals surface area contributed by atoms with Crippen LogP contribution >= 0.6 is 0 Å². The maximum atomic E-state index is 12.4. The molecular formula is C21H28N2O4. The van der Waals surface area contributed by atoms with Gasteiger partial charge in [-0.3, -0.25) is 9.59 Å². The molecule has 1 saturated carbocycles. The third kappa shape index (κ3) is 4.80. The smallest absolute Gasteiger partial charge is 0.226 e. The highest BCUT2D eigenvalue weighted by atomic mass is 16.5. The predicted molar refractivity (Wildman–Crippen MR) is 100 cm³/mol. The molecule has 6 nitrogen and oxygen atoms in total. The number of carbonyl (C=O) groups is 2. The first-order valence-corrected chi connectivity index (χ1v) is 10.1. The average Bonchev–Trinajstić information content (AvgIpc) is 3.44. The minimum Gasteiger partial charge on any atom is -0.491 e. The molecule has 0 spiro atoms. The summed E-state index contributed by atoms with van der Waals surface area (Å²) in [5.74, 6) is 1.39. The topological polar surface area (TPSA) is 67.9 Å². The van der Waals surface area contributed by atoms with Gasteiger partial charge in [0.2, 0.25) is 11.8 Å². The monoisotopic (exact) mass is 372 g/mol. The molecule has 27 heavy (non-hydrogen) atoms. The van der Waals surface area contributed by atoms with Gasteiger partial charge in [-0.2, -0.15) is 0 Å². The van der Waals surface area contributed by atoms with Gasteiger partial charge in [-0.15, -0.1) is 0 Å². The van der Waals surface area contributed by atoms with Crippen LogP contribution in [0, 0.1) is 5.92 Å². The van der Waals surface area contributed by atoms with Gasteiger partial charge < -0.3 is 19.7 Å². The number of ether oxygens (including phenoxy) is 2. The minimum atomic E-state index is 0.0576. The summed E-state index contributed by atoms with van der Waals surface area (Å²) in [4.78, 5) is 26.4.